The van der Waals surface area contributed by atoms with Crippen LogP contribution in [-0.4, -0.2) is 50.3 Å². The van der Waals surface area contributed by atoms with E-state index in [0.717, 1.165) is 31.0 Å². The van der Waals surface area contributed by atoms with Crippen molar-refractivity contribution in [3.63, 3.8) is 0 Å². The molecular weight excluding hydrogens is 369 g/mol. The third-order valence-electron chi connectivity index (χ3n) is 6.00. The second kappa shape index (κ2) is 7.40. The fourth-order valence-electron chi connectivity index (χ4n) is 4.83. The predicted molar refractivity (Wildman–Crippen MR) is 105 cm³/mol. The molecule has 0 spiro atoms. The van der Waals surface area contributed by atoms with Gasteiger partial charge >= 0.3 is 0 Å². The Morgan fingerprint density at radius 1 is 1.10 bits per heavy atom. The predicted octanol–water partition coefficient (Wildman–Crippen LogP) is 2.89. The maximum absolute atomic E-state index is 14.0. The van der Waals surface area contributed by atoms with Crippen LogP contribution in [-0.2, 0) is 6.54 Å². The van der Waals surface area contributed by atoms with Gasteiger partial charge in [-0.15, -0.1) is 0 Å². The maximum Gasteiger partial charge on any atom is 0.272 e. The van der Waals surface area contributed by atoms with Gasteiger partial charge in [-0.1, -0.05) is 18.2 Å². The molecule has 7 heteroatoms. The number of nitrogens with one attached hydrogen (secondary N) is 1. The van der Waals surface area contributed by atoms with Gasteiger partial charge in [0.2, 0.25) is 0 Å². The molecule has 4 heterocycles. The quantitative estimate of drug-likeness (QED) is 0.743. The van der Waals surface area contributed by atoms with Gasteiger partial charge in [0.1, 0.15) is 17.3 Å². The van der Waals surface area contributed by atoms with Crippen molar-refractivity contribution in [2.24, 2.45) is 11.8 Å². The number of pyridine rings is 1. The fraction of sp³-hybridized carbons (Fsp3) is 0.318. The fourth-order valence-corrected chi connectivity index (χ4v) is 4.83. The number of aromatic nitrogens is 3. The van der Waals surface area contributed by atoms with E-state index < -0.39 is 0 Å². The van der Waals surface area contributed by atoms with Crippen molar-refractivity contribution in [3.8, 4) is 0 Å². The summed E-state index contributed by atoms with van der Waals surface area (Å²) in [6, 6.07) is 11.8. The number of amides is 1. The van der Waals surface area contributed by atoms with Crippen LogP contribution in [0.1, 0.15) is 27.9 Å². The molecule has 2 aromatic heterocycles. The standard InChI is InChI=1S/C22H22FN5O/c23-17-5-3-4-15(10-17)21-18-13-27(14-20-25-8-9-26-20)11-16(18)12-28(21)22(29)19-6-1-2-7-24-19/h1-10,16,18,21H,11-14H2,(H,25,26)/t16-,18-,21-/m0/s1. The summed E-state index contributed by atoms with van der Waals surface area (Å²) in [5.74, 6) is 1.16. The lowest BCUT2D eigenvalue weighted by Crippen LogP contribution is -2.36. The minimum Gasteiger partial charge on any atom is -0.348 e. The van der Waals surface area contributed by atoms with Crippen LogP contribution in [0.25, 0.3) is 0 Å². The Hall–Kier alpha value is -3.06. The first-order valence-corrected chi connectivity index (χ1v) is 9.87. The zero-order chi connectivity index (χ0) is 19.8. The number of halogens is 1. The van der Waals surface area contributed by atoms with Crippen LogP contribution in [0.4, 0.5) is 4.39 Å². The Morgan fingerprint density at radius 2 is 2.03 bits per heavy atom. The second-order valence-electron chi connectivity index (χ2n) is 7.83. The first-order chi connectivity index (χ1) is 14.2. The van der Waals surface area contributed by atoms with Crippen molar-refractivity contribution in [1.82, 2.24) is 24.8 Å². The molecule has 0 bridgehead atoms. The highest BCUT2D eigenvalue weighted by Gasteiger charge is 2.49. The summed E-state index contributed by atoms with van der Waals surface area (Å²) < 4.78 is 14.0. The number of likely N-dealkylation sites (tertiary alicyclic amines) is 2. The molecule has 1 amide bonds. The highest BCUT2D eigenvalue weighted by atomic mass is 19.1. The third-order valence-corrected chi connectivity index (χ3v) is 6.00. The summed E-state index contributed by atoms with van der Waals surface area (Å²) in [5, 5.41) is 0. The van der Waals surface area contributed by atoms with E-state index >= 15 is 0 Å². The Balaban J connectivity index is 1.44. The van der Waals surface area contributed by atoms with Gasteiger partial charge in [0.15, 0.2) is 0 Å². The van der Waals surface area contributed by atoms with E-state index in [1.54, 1.807) is 36.7 Å². The first kappa shape index (κ1) is 18.0. The number of imidazole rings is 1. The summed E-state index contributed by atoms with van der Waals surface area (Å²) in [6.07, 6.45) is 5.22. The number of benzene rings is 1. The molecule has 2 aliphatic rings. The molecule has 2 aliphatic heterocycles. The van der Waals surface area contributed by atoms with E-state index in [1.807, 2.05) is 23.2 Å². The van der Waals surface area contributed by atoms with Crippen molar-refractivity contribution in [2.75, 3.05) is 19.6 Å². The van der Waals surface area contributed by atoms with Gasteiger partial charge in [-0.05, 0) is 35.7 Å². The van der Waals surface area contributed by atoms with Gasteiger partial charge in [0.25, 0.3) is 5.91 Å². The van der Waals surface area contributed by atoms with Crippen molar-refractivity contribution >= 4 is 5.91 Å². The molecule has 0 saturated carbocycles. The molecule has 29 heavy (non-hydrogen) atoms. The van der Waals surface area contributed by atoms with Gasteiger partial charge in [-0.2, -0.15) is 0 Å². The normalized spacial score (nSPS) is 24.0. The summed E-state index contributed by atoms with van der Waals surface area (Å²) in [4.78, 5) is 29.2. The van der Waals surface area contributed by atoms with Crippen LogP contribution in [0.15, 0.2) is 61.1 Å². The topological polar surface area (TPSA) is 65.1 Å². The van der Waals surface area contributed by atoms with Crippen LogP contribution in [0.2, 0.25) is 0 Å². The molecular formula is C22H22FN5O. The number of aromatic amines is 1. The Morgan fingerprint density at radius 3 is 2.79 bits per heavy atom. The molecule has 1 aromatic carbocycles. The van der Waals surface area contributed by atoms with Gasteiger partial charge < -0.3 is 9.88 Å². The largest absolute Gasteiger partial charge is 0.348 e. The number of carbonyl (C=O) groups excluding carboxylic acids is 1. The lowest BCUT2D eigenvalue weighted by molar-refractivity contribution is 0.0693. The molecule has 3 atom stereocenters. The van der Waals surface area contributed by atoms with Crippen molar-refractivity contribution in [1.29, 1.82) is 0 Å². The van der Waals surface area contributed by atoms with Crippen molar-refractivity contribution in [3.05, 3.63) is 84.0 Å². The number of fused-ring (bicyclic) bond motifs is 1. The van der Waals surface area contributed by atoms with Gasteiger partial charge in [-0.3, -0.25) is 14.7 Å². The lowest BCUT2D eigenvalue weighted by Gasteiger charge is -2.29. The summed E-state index contributed by atoms with van der Waals surface area (Å²) in [6.45, 7) is 3.14. The average Bonchev–Trinajstić information content (AvgIpc) is 3.45. The molecule has 2 saturated heterocycles. The third kappa shape index (κ3) is 3.42. The molecule has 5 rings (SSSR count). The zero-order valence-corrected chi connectivity index (χ0v) is 15.9. The lowest BCUT2D eigenvalue weighted by atomic mass is 9.89. The molecule has 2 fully saturated rings. The minimum atomic E-state index is -0.276. The number of nitrogens with zero attached hydrogens (tertiary/aromatic N) is 4. The molecule has 0 radical (unpaired) electrons. The van der Waals surface area contributed by atoms with Crippen LogP contribution in [0.5, 0.6) is 0 Å². The van der Waals surface area contributed by atoms with Crippen LogP contribution >= 0.6 is 0 Å². The molecule has 3 aromatic rings. The summed E-state index contributed by atoms with van der Waals surface area (Å²) in [7, 11) is 0. The monoisotopic (exact) mass is 391 g/mol. The molecule has 148 valence electrons. The number of rotatable bonds is 4. The number of hydrogen-bond donors (Lipinski definition) is 1. The van der Waals surface area contributed by atoms with E-state index in [0.29, 0.717) is 18.2 Å². The van der Waals surface area contributed by atoms with Crippen LogP contribution in [0.3, 0.4) is 0 Å². The van der Waals surface area contributed by atoms with Gasteiger partial charge in [-0.25, -0.2) is 9.37 Å². The van der Waals surface area contributed by atoms with Gasteiger partial charge in [0, 0.05) is 44.1 Å². The number of carbonyl (C=O) groups is 1. The van der Waals surface area contributed by atoms with E-state index in [-0.39, 0.29) is 23.7 Å². The molecule has 1 N–H and O–H groups in total. The second-order valence-corrected chi connectivity index (χ2v) is 7.83. The average molecular weight is 391 g/mol. The zero-order valence-electron chi connectivity index (χ0n) is 15.9. The molecule has 6 nitrogen and oxygen atoms in total. The first-order valence-electron chi connectivity index (χ1n) is 9.87. The Bertz CT molecular complexity index is 993. The van der Waals surface area contributed by atoms with Crippen molar-refractivity contribution < 1.29 is 9.18 Å². The molecule has 0 unspecified atom stereocenters. The summed E-state index contributed by atoms with van der Waals surface area (Å²) >= 11 is 0. The Kier molecular flexibility index (Phi) is 4.60. The van der Waals surface area contributed by atoms with Crippen LogP contribution in [0, 0.1) is 17.7 Å². The highest BCUT2D eigenvalue weighted by molar-refractivity contribution is 5.92. The smallest absolute Gasteiger partial charge is 0.272 e. The van der Waals surface area contributed by atoms with Crippen molar-refractivity contribution in [2.45, 2.75) is 12.6 Å². The van der Waals surface area contributed by atoms with E-state index in [4.69, 9.17) is 0 Å². The van der Waals surface area contributed by atoms with Crippen LogP contribution < -0.4 is 0 Å². The molecule has 0 aliphatic carbocycles. The van der Waals surface area contributed by atoms with E-state index in [1.165, 1.54) is 6.07 Å². The van der Waals surface area contributed by atoms with E-state index in [2.05, 4.69) is 19.9 Å². The van der Waals surface area contributed by atoms with Gasteiger partial charge in [0.05, 0.1) is 12.6 Å². The number of hydrogen-bond acceptors (Lipinski definition) is 4. The maximum atomic E-state index is 14.0. The SMILES string of the molecule is O=C(c1ccccn1)N1C[C@@H]2CN(Cc3ncc[nH]3)C[C@@H]2[C@@H]1c1cccc(F)c1. The van der Waals surface area contributed by atoms with E-state index in [9.17, 15) is 9.18 Å². The Labute approximate surface area is 168 Å². The summed E-state index contributed by atoms with van der Waals surface area (Å²) in [5.41, 5.74) is 1.28. The highest BCUT2D eigenvalue weighted by Crippen LogP contribution is 2.45. The number of H-pyrrole nitrogens is 1. The minimum absolute atomic E-state index is 0.0909.